The normalized spacial score (nSPS) is 21.9. The summed E-state index contributed by atoms with van der Waals surface area (Å²) in [4.78, 5) is 4.34. The molecule has 0 aliphatic carbocycles. The monoisotopic (exact) mass is 282 g/mol. The molecule has 20 heavy (non-hydrogen) atoms. The third-order valence-corrected chi connectivity index (χ3v) is 3.73. The second-order valence-corrected chi connectivity index (χ2v) is 5.27. The van der Waals surface area contributed by atoms with E-state index in [1.807, 2.05) is 6.92 Å². The smallest absolute Gasteiger partial charge is 0.129 e. The van der Waals surface area contributed by atoms with Gasteiger partial charge >= 0.3 is 0 Å². The number of nitrogens with zero attached hydrogens (tertiary/aromatic N) is 1. The Morgan fingerprint density at radius 1 is 1.35 bits per heavy atom. The maximum Gasteiger partial charge on any atom is 0.129 e. The van der Waals surface area contributed by atoms with E-state index in [1.54, 1.807) is 6.92 Å². The van der Waals surface area contributed by atoms with E-state index in [0.29, 0.717) is 25.1 Å². The van der Waals surface area contributed by atoms with E-state index in [2.05, 4.69) is 10.3 Å². The molecule has 0 fully saturated rings. The van der Waals surface area contributed by atoms with Gasteiger partial charge in [-0.05, 0) is 31.0 Å². The van der Waals surface area contributed by atoms with Crippen LogP contribution in [0, 0.1) is 24.5 Å². The van der Waals surface area contributed by atoms with Crippen LogP contribution in [0.25, 0.3) is 0 Å². The molecule has 1 aromatic carbocycles. The molecule has 2 rings (SSSR count). The van der Waals surface area contributed by atoms with Crippen molar-refractivity contribution in [2.24, 2.45) is 10.9 Å². The van der Waals surface area contributed by atoms with E-state index in [9.17, 15) is 8.78 Å². The Balaban J connectivity index is 2.13. The van der Waals surface area contributed by atoms with Crippen molar-refractivity contribution in [1.82, 2.24) is 5.32 Å². The third-order valence-electron chi connectivity index (χ3n) is 3.73. The van der Waals surface area contributed by atoms with Crippen LogP contribution in [0.4, 0.5) is 8.78 Å². The highest BCUT2D eigenvalue weighted by atomic mass is 19.1. The number of nitrogens with one attached hydrogen (secondary N) is 1. The van der Waals surface area contributed by atoms with E-state index in [1.165, 1.54) is 12.1 Å². The van der Waals surface area contributed by atoms with Gasteiger partial charge in [-0.15, -0.1) is 0 Å². The number of aliphatic hydroxyl groups is 1. The predicted molar refractivity (Wildman–Crippen MR) is 75.0 cm³/mol. The molecule has 0 spiro atoms. The number of aliphatic hydroxyl groups excluding tert-OH is 1. The molecule has 3 nitrogen and oxygen atoms in total. The minimum atomic E-state index is -0.494. The SMILES string of the molecule is Cc1cc(F)c([C@@H]2CN=C(NCCCO)[C@H]2C)c(F)c1. The van der Waals surface area contributed by atoms with Crippen molar-refractivity contribution in [2.75, 3.05) is 19.7 Å². The molecular weight excluding hydrogens is 262 g/mol. The Bertz CT molecular complexity index is 494. The lowest BCUT2D eigenvalue weighted by Gasteiger charge is -2.19. The van der Waals surface area contributed by atoms with Crippen molar-refractivity contribution in [3.8, 4) is 0 Å². The van der Waals surface area contributed by atoms with Gasteiger partial charge in [-0.2, -0.15) is 0 Å². The zero-order valence-corrected chi connectivity index (χ0v) is 11.8. The molecule has 1 heterocycles. The van der Waals surface area contributed by atoms with Gasteiger partial charge in [-0.1, -0.05) is 6.92 Å². The van der Waals surface area contributed by atoms with E-state index < -0.39 is 11.6 Å². The summed E-state index contributed by atoms with van der Waals surface area (Å²) in [6.07, 6.45) is 0.629. The maximum atomic E-state index is 14.0. The number of amidine groups is 1. The zero-order chi connectivity index (χ0) is 14.7. The van der Waals surface area contributed by atoms with Gasteiger partial charge in [-0.3, -0.25) is 4.99 Å². The Kier molecular flexibility index (Phi) is 4.70. The van der Waals surface area contributed by atoms with Gasteiger partial charge in [0.1, 0.15) is 11.6 Å². The van der Waals surface area contributed by atoms with Gasteiger partial charge in [0.2, 0.25) is 0 Å². The Labute approximate surface area is 117 Å². The molecule has 0 aromatic heterocycles. The first-order valence-electron chi connectivity index (χ1n) is 6.89. The topological polar surface area (TPSA) is 44.6 Å². The van der Waals surface area contributed by atoms with Gasteiger partial charge in [0, 0.05) is 37.1 Å². The zero-order valence-electron chi connectivity index (χ0n) is 11.8. The standard InChI is InChI=1S/C15H20F2N2O/c1-9-6-12(16)14(13(17)7-9)11-8-19-15(10(11)2)18-4-3-5-20/h6-7,10-11,20H,3-5,8H2,1-2H3,(H,18,19)/t10-,11+/m0/s1. The molecule has 5 heteroatoms. The highest BCUT2D eigenvalue weighted by Gasteiger charge is 2.32. The number of hydrogen-bond donors (Lipinski definition) is 2. The summed E-state index contributed by atoms with van der Waals surface area (Å²) in [6, 6.07) is 2.73. The quantitative estimate of drug-likeness (QED) is 0.833. The molecule has 1 aliphatic heterocycles. The van der Waals surface area contributed by atoms with Crippen LogP contribution >= 0.6 is 0 Å². The van der Waals surface area contributed by atoms with Crippen molar-refractivity contribution in [3.63, 3.8) is 0 Å². The van der Waals surface area contributed by atoms with Crippen LogP contribution in [0.5, 0.6) is 0 Å². The summed E-state index contributed by atoms with van der Waals surface area (Å²) in [7, 11) is 0. The highest BCUT2D eigenvalue weighted by Crippen LogP contribution is 2.34. The Hall–Kier alpha value is -1.49. The molecule has 0 unspecified atom stereocenters. The molecule has 2 N–H and O–H groups in total. The fraction of sp³-hybridized carbons (Fsp3) is 0.533. The minimum absolute atomic E-state index is 0.0552. The predicted octanol–water partition coefficient (Wildman–Crippen LogP) is 2.38. The van der Waals surface area contributed by atoms with Crippen LogP contribution in [0.2, 0.25) is 0 Å². The van der Waals surface area contributed by atoms with Crippen molar-refractivity contribution in [3.05, 3.63) is 34.9 Å². The number of aliphatic imine (C=N–C) groups is 1. The minimum Gasteiger partial charge on any atom is -0.396 e. The van der Waals surface area contributed by atoms with Gasteiger partial charge in [-0.25, -0.2) is 8.78 Å². The molecule has 0 saturated heterocycles. The first kappa shape index (κ1) is 14.9. The lowest BCUT2D eigenvalue weighted by molar-refractivity contribution is 0.289. The summed E-state index contributed by atoms with van der Waals surface area (Å²) in [5.41, 5.74) is 0.711. The fourth-order valence-electron chi connectivity index (χ4n) is 2.61. The summed E-state index contributed by atoms with van der Waals surface area (Å²) in [6.45, 7) is 4.71. The molecule has 0 saturated carbocycles. The van der Waals surface area contributed by atoms with Crippen molar-refractivity contribution >= 4 is 5.84 Å². The van der Waals surface area contributed by atoms with E-state index in [4.69, 9.17) is 5.11 Å². The largest absolute Gasteiger partial charge is 0.396 e. The van der Waals surface area contributed by atoms with Crippen LogP contribution in [0.3, 0.4) is 0 Å². The number of benzene rings is 1. The Morgan fingerprint density at radius 2 is 2.00 bits per heavy atom. The molecule has 2 atom stereocenters. The van der Waals surface area contributed by atoms with Gasteiger partial charge in [0.25, 0.3) is 0 Å². The first-order chi connectivity index (χ1) is 9.54. The lowest BCUT2D eigenvalue weighted by atomic mass is 9.87. The van der Waals surface area contributed by atoms with Crippen LogP contribution in [-0.4, -0.2) is 30.6 Å². The van der Waals surface area contributed by atoms with Gasteiger partial charge < -0.3 is 10.4 Å². The first-order valence-corrected chi connectivity index (χ1v) is 6.89. The molecule has 0 radical (unpaired) electrons. The summed E-state index contributed by atoms with van der Waals surface area (Å²) in [5.74, 6) is -0.548. The molecule has 1 aliphatic rings. The average molecular weight is 282 g/mol. The van der Waals surface area contributed by atoms with Gasteiger partial charge in [0.05, 0.1) is 5.84 Å². The number of rotatable bonds is 4. The fourth-order valence-corrected chi connectivity index (χ4v) is 2.61. The molecule has 110 valence electrons. The molecule has 0 bridgehead atoms. The van der Waals surface area contributed by atoms with Crippen LogP contribution in [-0.2, 0) is 0 Å². The second-order valence-electron chi connectivity index (χ2n) is 5.27. The second kappa shape index (κ2) is 6.31. The highest BCUT2D eigenvalue weighted by molar-refractivity contribution is 5.87. The van der Waals surface area contributed by atoms with E-state index in [-0.39, 0.29) is 24.0 Å². The van der Waals surface area contributed by atoms with Crippen LogP contribution in [0.1, 0.15) is 30.4 Å². The lowest BCUT2D eigenvalue weighted by Crippen LogP contribution is -2.30. The third kappa shape index (κ3) is 2.98. The summed E-state index contributed by atoms with van der Waals surface area (Å²) < 4.78 is 28.1. The van der Waals surface area contributed by atoms with Crippen molar-refractivity contribution in [2.45, 2.75) is 26.2 Å². The summed E-state index contributed by atoms with van der Waals surface area (Å²) >= 11 is 0. The molecule has 1 aromatic rings. The number of hydrogen-bond acceptors (Lipinski definition) is 3. The maximum absolute atomic E-state index is 14.0. The van der Waals surface area contributed by atoms with E-state index in [0.717, 1.165) is 5.84 Å². The van der Waals surface area contributed by atoms with Crippen molar-refractivity contribution < 1.29 is 13.9 Å². The van der Waals surface area contributed by atoms with Crippen LogP contribution in [0.15, 0.2) is 17.1 Å². The average Bonchev–Trinajstić information content (AvgIpc) is 2.71. The van der Waals surface area contributed by atoms with Crippen molar-refractivity contribution in [1.29, 1.82) is 0 Å². The summed E-state index contributed by atoms with van der Waals surface area (Å²) in [5, 5.41) is 11.9. The number of aryl methyl sites for hydroxylation is 1. The van der Waals surface area contributed by atoms with E-state index >= 15 is 0 Å². The molecular formula is C15H20F2N2O. The van der Waals surface area contributed by atoms with Gasteiger partial charge in [0.15, 0.2) is 0 Å². The van der Waals surface area contributed by atoms with Crippen LogP contribution < -0.4 is 5.32 Å². The Morgan fingerprint density at radius 3 is 2.60 bits per heavy atom. The molecule has 0 amide bonds. The number of halogens is 2.